The molecule has 0 aliphatic rings. The second kappa shape index (κ2) is 6.61. The number of rotatable bonds is 5. The van der Waals surface area contributed by atoms with Gasteiger partial charge >= 0.3 is 0 Å². The molecule has 0 heterocycles. The van der Waals surface area contributed by atoms with Crippen molar-refractivity contribution < 1.29 is 14.3 Å². The van der Waals surface area contributed by atoms with Crippen molar-refractivity contribution in [2.24, 2.45) is 0 Å². The summed E-state index contributed by atoms with van der Waals surface area (Å²) in [7, 11) is 1.63. The topological polar surface area (TPSA) is 40.5 Å². The highest BCUT2D eigenvalue weighted by atomic mass is 32.2. The lowest BCUT2D eigenvalue weighted by Crippen LogP contribution is -2.38. The van der Waals surface area contributed by atoms with E-state index in [0.29, 0.717) is 4.90 Å². The lowest BCUT2D eigenvalue weighted by atomic mass is 10.3. The monoisotopic (exact) mass is 257 g/mol. The average Bonchev–Trinajstić information content (AvgIpc) is 2.35. The molecule has 0 saturated carbocycles. The number of carbonyl (C=O) groups is 1. The maximum atomic E-state index is 13.3. The number of amides is 1. The fourth-order valence-electron chi connectivity index (χ4n) is 1.17. The molecule has 17 heavy (non-hydrogen) atoms. The molecular formula is C12H16FNO2S. The van der Waals surface area contributed by atoms with E-state index in [1.54, 1.807) is 32.2 Å². The standard InChI is InChI=1S/C12H16FNO2S/c1-9(7-15)14(2)12(16)8-17-11-6-4-3-5-10(11)13/h3-6,9,15H,7-8H2,1-2H3. The molecule has 0 bridgehead atoms. The second-order valence-corrected chi connectivity index (χ2v) is 4.77. The molecule has 0 saturated heterocycles. The minimum Gasteiger partial charge on any atom is -0.394 e. The van der Waals surface area contributed by atoms with Gasteiger partial charge in [-0.15, -0.1) is 11.8 Å². The lowest BCUT2D eigenvalue weighted by molar-refractivity contribution is -0.129. The molecule has 1 unspecified atom stereocenters. The first-order valence-electron chi connectivity index (χ1n) is 5.30. The van der Waals surface area contributed by atoms with Crippen LogP contribution in [0.1, 0.15) is 6.92 Å². The number of thioether (sulfide) groups is 1. The molecule has 0 spiro atoms. The molecule has 3 nitrogen and oxygen atoms in total. The first kappa shape index (κ1) is 14.0. The number of hydrogen-bond acceptors (Lipinski definition) is 3. The number of halogens is 1. The van der Waals surface area contributed by atoms with Gasteiger partial charge in [0.05, 0.1) is 18.4 Å². The molecule has 1 atom stereocenters. The Bertz CT molecular complexity index is 387. The van der Waals surface area contributed by atoms with Crippen molar-refractivity contribution in [3.05, 3.63) is 30.1 Å². The number of benzene rings is 1. The van der Waals surface area contributed by atoms with Gasteiger partial charge in [-0.25, -0.2) is 4.39 Å². The van der Waals surface area contributed by atoms with Crippen LogP contribution in [0.15, 0.2) is 29.2 Å². The van der Waals surface area contributed by atoms with E-state index >= 15 is 0 Å². The van der Waals surface area contributed by atoms with Crippen molar-refractivity contribution >= 4 is 17.7 Å². The van der Waals surface area contributed by atoms with Crippen molar-refractivity contribution in [1.29, 1.82) is 0 Å². The molecule has 1 amide bonds. The minimum atomic E-state index is -0.317. The van der Waals surface area contributed by atoms with E-state index in [1.165, 1.54) is 11.0 Å². The van der Waals surface area contributed by atoms with Crippen LogP contribution in [0, 0.1) is 5.82 Å². The molecule has 94 valence electrons. The summed E-state index contributed by atoms with van der Waals surface area (Å²) in [6, 6.07) is 6.14. The molecule has 0 fully saturated rings. The highest BCUT2D eigenvalue weighted by Gasteiger charge is 2.15. The predicted octanol–water partition coefficient (Wildman–Crippen LogP) is 1.76. The minimum absolute atomic E-state index is 0.0768. The van der Waals surface area contributed by atoms with E-state index in [4.69, 9.17) is 5.11 Å². The van der Waals surface area contributed by atoms with Crippen molar-refractivity contribution in [3.8, 4) is 0 Å². The fraction of sp³-hybridized carbons (Fsp3) is 0.417. The molecule has 1 aromatic carbocycles. The Morgan fingerprint density at radius 3 is 2.76 bits per heavy atom. The summed E-state index contributed by atoms with van der Waals surface area (Å²) in [6.45, 7) is 1.68. The van der Waals surface area contributed by atoms with Crippen LogP contribution in [0.25, 0.3) is 0 Å². The second-order valence-electron chi connectivity index (χ2n) is 3.76. The van der Waals surface area contributed by atoms with Crippen LogP contribution in [0.5, 0.6) is 0 Å². The Hall–Kier alpha value is -1.07. The van der Waals surface area contributed by atoms with Crippen LogP contribution in [-0.2, 0) is 4.79 Å². The van der Waals surface area contributed by atoms with E-state index in [1.807, 2.05) is 0 Å². The van der Waals surface area contributed by atoms with E-state index in [2.05, 4.69) is 0 Å². The predicted molar refractivity (Wildman–Crippen MR) is 66.4 cm³/mol. The summed E-state index contributed by atoms with van der Waals surface area (Å²) in [5.74, 6) is -0.273. The van der Waals surface area contributed by atoms with E-state index in [0.717, 1.165) is 11.8 Å². The molecular weight excluding hydrogens is 241 g/mol. The van der Waals surface area contributed by atoms with Crippen LogP contribution in [0.4, 0.5) is 4.39 Å². The average molecular weight is 257 g/mol. The molecule has 1 N–H and O–H groups in total. The summed E-state index contributed by atoms with van der Waals surface area (Å²) in [5, 5.41) is 8.92. The Balaban J connectivity index is 2.51. The highest BCUT2D eigenvalue weighted by Crippen LogP contribution is 2.21. The van der Waals surface area contributed by atoms with Crippen LogP contribution in [0.3, 0.4) is 0 Å². The lowest BCUT2D eigenvalue weighted by Gasteiger charge is -2.22. The zero-order valence-corrected chi connectivity index (χ0v) is 10.7. The van der Waals surface area contributed by atoms with Gasteiger partial charge in [0.15, 0.2) is 0 Å². The van der Waals surface area contributed by atoms with Gasteiger partial charge in [0.25, 0.3) is 0 Å². The van der Waals surface area contributed by atoms with Crippen LogP contribution >= 0.6 is 11.8 Å². The smallest absolute Gasteiger partial charge is 0.232 e. The highest BCUT2D eigenvalue weighted by molar-refractivity contribution is 8.00. The molecule has 5 heteroatoms. The van der Waals surface area contributed by atoms with E-state index in [-0.39, 0.29) is 30.1 Å². The van der Waals surface area contributed by atoms with E-state index < -0.39 is 0 Å². The zero-order chi connectivity index (χ0) is 12.8. The third-order valence-electron chi connectivity index (χ3n) is 2.51. The zero-order valence-electron chi connectivity index (χ0n) is 9.89. The Kier molecular flexibility index (Phi) is 5.44. The van der Waals surface area contributed by atoms with Crippen molar-refractivity contribution in [3.63, 3.8) is 0 Å². The Morgan fingerprint density at radius 1 is 1.53 bits per heavy atom. The number of aliphatic hydroxyl groups is 1. The summed E-state index contributed by atoms with van der Waals surface area (Å²) in [6.07, 6.45) is 0. The first-order valence-corrected chi connectivity index (χ1v) is 6.28. The largest absolute Gasteiger partial charge is 0.394 e. The molecule has 0 aliphatic carbocycles. The van der Waals surface area contributed by atoms with Gasteiger partial charge in [-0.1, -0.05) is 12.1 Å². The van der Waals surface area contributed by atoms with Gasteiger partial charge < -0.3 is 10.0 Å². The molecule has 0 aliphatic heterocycles. The summed E-state index contributed by atoms with van der Waals surface area (Å²) in [4.78, 5) is 13.6. The summed E-state index contributed by atoms with van der Waals surface area (Å²) in [5.41, 5.74) is 0. The van der Waals surface area contributed by atoms with Crippen molar-refractivity contribution in [2.75, 3.05) is 19.4 Å². The van der Waals surface area contributed by atoms with Gasteiger partial charge in [-0.3, -0.25) is 4.79 Å². The van der Waals surface area contributed by atoms with Crippen LogP contribution < -0.4 is 0 Å². The summed E-state index contributed by atoms with van der Waals surface area (Å²) >= 11 is 1.16. The molecule has 1 aromatic rings. The quantitative estimate of drug-likeness (QED) is 0.817. The Morgan fingerprint density at radius 2 is 2.18 bits per heavy atom. The number of nitrogens with zero attached hydrogens (tertiary/aromatic N) is 1. The molecule has 0 aromatic heterocycles. The first-order chi connectivity index (χ1) is 8.06. The molecule has 0 radical (unpaired) electrons. The third-order valence-corrected chi connectivity index (χ3v) is 3.54. The van der Waals surface area contributed by atoms with Gasteiger partial charge in [0.2, 0.25) is 5.91 Å². The number of aliphatic hydroxyl groups excluding tert-OH is 1. The Labute approximate surface area is 105 Å². The van der Waals surface area contributed by atoms with Gasteiger partial charge in [0, 0.05) is 11.9 Å². The number of hydrogen-bond donors (Lipinski definition) is 1. The van der Waals surface area contributed by atoms with Crippen LogP contribution in [0.2, 0.25) is 0 Å². The van der Waals surface area contributed by atoms with Gasteiger partial charge in [0.1, 0.15) is 5.82 Å². The third kappa shape index (κ3) is 4.02. The normalized spacial score (nSPS) is 12.2. The van der Waals surface area contributed by atoms with Crippen LogP contribution in [-0.4, -0.2) is 41.4 Å². The fourth-order valence-corrected chi connectivity index (χ4v) is 2.03. The van der Waals surface area contributed by atoms with Gasteiger partial charge in [-0.2, -0.15) is 0 Å². The maximum absolute atomic E-state index is 13.3. The summed E-state index contributed by atoms with van der Waals surface area (Å²) < 4.78 is 13.3. The van der Waals surface area contributed by atoms with E-state index in [9.17, 15) is 9.18 Å². The maximum Gasteiger partial charge on any atom is 0.232 e. The number of likely N-dealkylation sites (N-methyl/N-ethyl adjacent to an activating group) is 1. The van der Waals surface area contributed by atoms with Gasteiger partial charge in [-0.05, 0) is 19.1 Å². The van der Waals surface area contributed by atoms with Crippen molar-refractivity contribution in [1.82, 2.24) is 4.90 Å². The SMILES string of the molecule is CC(CO)N(C)C(=O)CSc1ccccc1F. The van der Waals surface area contributed by atoms with Crippen molar-refractivity contribution in [2.45, 2.75) is 17.9 Å². The molecule has 1 rings (SSSR count). The number of carbonyl (C=O) groups excluding carboxylic acids is 1.